The Morgan fingerprint density at radius 2 is 1.90 bits per heavy atom. The smallest absolute Gasteiger partial charge is 0.0949 e. The zero-order valence-electron chi connectivity index (χ0n) is 7.99. The zero-order valence-corrected chi connectivity index (χ0v) is 9.41. The highest BCUT2D eigenvalue weighted by atomic mass is 28.2. The van der Waals surface area contributed by atoms with E-state index >= 15 is 0 Å². The summed E-state index contributed by atoms with van der Waals surface area (Å²) in [5, 5.41) is 0. The van der Waals surface area contributed by atoms with Crippen molar-refractivity contribution in [3.8, 4) is 0 Å². The maximum atomic E-state index is 3.36. The quantitative estimate of drug-likeness (QED) is 0.616. The van der Waals surface area contributed by atoms with E-state index in [2.05, 4.69) is 39.7 Å². The van der Waals surface area contributed by atoms with Crippen LogP contribution in [0.25, 0.3) is 0 Å². The van der Waals surface area contributed by atoms with E-state index in [1.807, 2.05) is 0 Å². The molecule has 0 radical (unpaired) electrons. The molecule has 0 bridgehead atoms. The summed E-state index contributed by atoms with van der Waals surface area (Å²) in [7, 11) is 2.07. The first-order valence-corrected chi connectivity index (χ1v) is 5.69. The van der Waals surface area contributed by atoms with Crippen LogP contribution in [0, 0.1) is 5.41 Å². The van der Waals surface area contributed by atoms with Gasteiger partial charge in [-0.05, 0) is 18.0 Å². The van der Waals surface area contributed by atoms with Crippen LogP contribution >= 0.6 is 0 Å². The van der Waals surface area contributed by atoms with Crippen LogP contribution in [-0.4, -0.2) is 16.7 Å². The average molecular weight is 159 g/mol. The lowest BCUT2D eigenvalue weighted by molar-refractivity contribution is 0.369. The van der Waals surface area contributed by atoms with Gasteiger partial charge in [-0.15, -0.1) is 0 Å². The number of hydrogen-bond acceptors (Lipinski definition) is 1. The van der Waals surface area contributed by atoms with Crippen LogP contribution in [-0.2, 0) is 0 Å². The molecule has 0 aromatic rings. The SMILES string of the molecule is CCC([SiH2]NC)C(C)(C)C. The molecule has 0 heterocycles. The molecule has 1 nitrogen and oxygen atoms in total. The second-order valence-corrected chi connectivity index (χ2v) is 6.13. The Balaban J connectivity index is 3.81. The van der Waals surface area contributed by atoms with Crippen molar-refractivity contribution >= 4 is 9.68 Å². The van der Waals surface area contributed by atoms with E-state index in [0.29, 0.717) is 5.41 Å². The van der Waals surface area contributed by atoms with Crippen molar-refractivity contribution in [2.75, 3.05) is 7.05 Å². The van der Waals surface area contributed by atoms with Crippen molar-refractivity contribution in [3.63, 3.8) is 0 Å². The molecule has 0 saturated heterocycles. The Kier molecular flexibility index (Phi) is 4.21. The van der Waals surface area contributed by atoms with Gasteiger partial charge in [0.1, 0.15) is 0 Å². The molecule has 1 N–H and O–H groups in total. The summed E-state index contributed by atoms with van der Waals surface area (Å²) >= 11 is 0. The summed E-state index contributed by atoms with van der Waals surface area (Å²) in [6.07, 6.45) is 1.33. The molecule has 0 rings (SSSR count). The predicted molar refractivity (Wildman–Crippen MR) is 51.1 cm³/mol. The molecule has 0 spiro atoms. The largest absolute Gasteiger partial charge is 0.345 e. The highest BCUT2D eigenvalue weighted by molar-refractivity contribution is 6.34. The third kappa shape index (κ3) is 3.37. The fourth-order valence-corrected chi connectivity index (χ4v) is 2.70. The van der Waals surface area contributed by atoms with Gasteiger partial charge in [0.15, 0.2) is 0 Å². The van der Waals surface area contributed by atoms with Gasteiger partial charge in [0.2, 0.25) is 0 Å². The van der Waals surface area contributed by atoms with Crippen LogP contribution in [0.3, 0.4) is 0 Å². The van der Waals surface area contributed by atoms with Crippen molar-refractivity contribution in [2.24, 2.45) is 5.41 Å². The van der Waals surface area contributed by atoms with E-state index in [4.69, 9.17) is 0 Å². The monoisotopic (exact) mass is 159 g/mol. The van der Waals surface area contributed by atoms with E-state index in [-0.39, 0.29) is 9.68 Å². The molecular weight excluding hydrogens is 138 g/mol. The second kappa shape index (κ2) is 4.14. The standard InChI is InChI=1S/C8H21NSi/c1-6-7(10-9-5)8(2,3)4/h7,9H,6,10H2,1-5H3. The summed E-state index contributed by atoms with van der Waals surface area (Å²) < 4.78 is 0. The lowest BCUT2D eigenvalue weighted by Crippen LogP contribution is -2.27. The van der Waals surface area contributed by atoms with Crippen molar-refractivity contribution < 1.29 is 0 Å². The molecule has 62 valence electrons. The van der Waals surface area contributed by atoms with Gasteiger partial charge in [0.05, 0.1) is 9.68 Å². The molecule has 0 aliphatic carbocycles. The third-order valence-electron chi connectivity index (χ3n) is 2.17. The first-order chi connectivity index (χ1) is 4.52. The van der Waals surface area contributed by atoms with Crippen LogP contribution in [0.1, 0.15) is 34.1 Å². The normalized spacial score (nSPS) is 16.5. The summed E-state index contributed by atoms with van der Waals surface area (Å²) in [4.78, 5) is 3.36. The van der Waals surface area contributed by atoms with Gasteiger partial charge in [0.25, 0.3) is 0 Å². The highest BCUT2D eigenvalue weighted by Gasteiger charge is 2.21. The van der Waals surface area contributed by atoms with Gasteiger partial charge in [-0.25, -0.2) is 0 Å². The lowest BCUT2D eigenvalue weighted by Gasteiger charge is -2.29. The van der Waals surface area contributed by atoms with Crippen LogP contribution < -0.4 is 4.98 Å². The Morgan fingerprint density at radius 3 is 2.00 bits per heavy atom. The van der Waals surface area contributed by atoms with Gasteiger partial charge in [0, 0.05) is 0 Å². The summed E-state index contributed by atoms with van der Waals surface area (Å²) in [5.41, 5.74) is 1.46. The van der Waals surface area contributed by atoms with E-state index in [0.717, 1.165) is 5.54 Å². The number of rotatable bonds is 3. The van der Waals surface area contributed by atoms with E-state index in [1.54, 1.807) is 0 Å². The molecule has 0 aromatic carbocycles. The molecule has 2 heteroatoms. The van der Waals surface area contributed by atoms with Gasteiger partial charge in [-0.3, -0.25) is 0 Å². The molecular formula is C8H21NSi. The topological polar surface area (TPSA) is 12.0 Å². The summed E-state index contributed by atoms with van der Waals surface area (Å²) in [6.45, 7) is 9.31. The fraction of sp³-hybridized carbons (Fsp3) is 1.00. The average Bonchev–Trinajstić information content (AvgIpc) is 1.80. The summed E-state index contributed by atoms with van der Waals surface area (Å²) in [5.74, 6) is 0. The third-order valence-corrected chi connectivity index (χ3v) is 4.87. The minimum atomic E-state index is -0.0185. The Hall–Kier alpha value is 0.177. The van der Waals surface area contributed by atoms with Crippen molar-refractivity contribution in [3.05, 3.63) is 0 Å². The second-order valence-electron chi connectivity index (χ2n) is 4.03. The number of hydrogen-bond donors (Lipinski definition) is 1. The van der Waals surface area contributed by atoms with Gasteiger partial charge < -0.3 is 4.98 Å². The fourth-order valence-electron chi connectivity index (χ4n) is 1.31. The van der Waals surface area contributed by atoms with Crippen LogP contribution in [0.2, 0.25) is 5.54 Å². The van der Waals surface area contributed by atoms with E-state index < -0.39 is 0 Å². The van der Waals surface area contributed by atoms with Crippen LogP contribution in [0.4, 0.5) is 0 Å². The predicted octanol–water partition coefficient (Wildman–Crippen LogP) is 1.53. The Bertz CT molecular complexity index is 85.7. The first kappa shape index (κ1) is 10.2. The van der Waals surface area contributed by atoms with Crippen LogP contribution in [0.5, 0.6) is 0 Å². The minimum Gasteiger partial charge on any atom is -0.345 e. The highest BCUT2D eigenvalue weighted by Crippen LogP contribution is 2.32. The molecule has 0 aromatic heterocycles. The minimum absolute atomic E-state index is 0.0185. The number of nitrogens with one attached hydrogen (secondary N) is 1. The maximum Gasteiger partial charge on any atom is 0.0949 e. The van der Waals surface area contributed by atoms with Gasteiger partial charge in [-0.1, -0.05) is 34.1 Å². The van der Waals surface area contributed by atoms with E-state index in [1.165, 1.54) is 6.42 Å². The molecule has 1 atom stereocenters. The molecule has 0 saturated carbocycles. The molecule has 0 aliphatic heterocycles. The molecule has 1 unspecified atom stereocenters. The van der Waals surface area contributed by atoms with Crippen molar-refractivity contribution in [1.29, 1.82) is 0 Å². The summed E-state index contributed by atoms with van der Waals surface area (Å²) in [6, 6.07) is 0. The van der Waals surface area contributed by atoms with Gasteiger partial charge in [-0.2, -0.15) is 0 Å². The molecule has 0 fully saturated rings. The van der Waals surface area contributed by atoms with Crippen molar-refractivity contribution in [1.82, 2.24) is 4.98 Å². The van der Waals surface area contributed by atoms with Crippen LogP contribution in [0.15, 0.2) is 0 Å². The van der Waals surface area contributed by atoms with E-state index in [9.17, 15) is 0 Å². The Morgan fingerprint density at radius 1 is 1.40 bits per heavy atom. The first-order valence-electron chi connectivity index (χ1n) is 4.17. The molecule has 10 heavy (non-hydrogen) atoms. The van der Waals surface area contributed by atoms with Crippen molar-refractivity contribution in [2.45, 2.75) is 39.7 Å². The maximum absolute atomic E-state index is 3.36. The zero-order chi connectivity index (χ0) is 8.20. The Labute approximate surface area is 67.5 Å². The molecule has 0 aliphatic rings. The molecule has 0 amide bonds. The lowest BCUT2D eigenvalue weighted by atomic mass is 9.90. The van der Waals surface area contributed by atoms with Gasteiger partial charge >= 0.3 is 0 Å².